The first-order valence-corrected chi connectivity index (χ1v) is 8.32. The Morgan fingerprint density at radius 2 is 1.88 bits per heavy atom. The molecule has 1 aromatic heterocycles. The first-order valence-electron chi connectivity index (χ1n) is 7.94. The summed E-state index contributed by atoms with van der Waals surface area (Å²) in [4.78, 5) is 25.0. The molecule has 2 aromatic carbocycles. The van der Waals surface area contributed by atoms with Gasteiger partial charge in [0.25, 0.3) is 0 Å². The number of aryl methyl sites for hydroxylation is 2. The summed E-state index contributed by atoms with van der Waals surface area (Å²) in [5, 5.41) is 1.15. The molecule has 4 nitrogen and oxygen atoms in total. The molecule has 3 aromatic rings. The van der Waals surface area contributed by atoms with E-state index < -0.39 is 11.6 Å². The van der Waals surface area contributed by atoms with Crippen molar-refractivity contribution in [1.82, 2.24) is 0 Å². The Balaban J connectivity index is 2.50. The first-order chi connectivity index (χ1) is 11.9. The predicted octanol–water partition coefficient (Wildman–Crippen LogP) is 4.91. The van der Waals surface area contributed by atoms with Gasteiger partial charge in [-0.2, -0.15) is 0 Å². The minimum Gasteiger partial charge on any atom is -0.462 e. The standard InChI is InChI=1S/C20H17ClO4/c1-4-24-19(22)18-17(13-8-6-5-7-11(13)2)14-9-12(3)15(21)10-16(14)25-20(18)23/h5-10H,4H2,1-3H3. The van der Waals surface area contributed by atoms with E-state index in [0.717, 1.165) is 16.7 Å². The number of halogens is 1. The van der Waals surface area contributed by atoms with Crippen LogP contribution in [0.5, 0.6) is 0 Å². The van der Waals surface area contributed by atoms with Crippen molar-refractivity contribution in [2.75, 3.05) is 6.61 Å². The number of esters is 1. The van der Waals surface area contributed by atoms with E-state index in [4.69, 9.17) is 20.8 Å². The number of carbonyl (C=O) groups excluding carboxylic acids is 1. The van der Waals surface area contributed by atoms with Gasteiger partial charge in [0.05, 0.1) is 6.61 Å². The normalized spacial score (nSPS) is 10.9. The average molecular weight is 357 g/mol. The zero-order chi connectivity index (χ0) is 18.1. The second kappa shape index (κ2) is 6.73. The molecule has 0 bridgehead atoms. The van der Waals surface area contributed by atoms with Gasteiger partial charge in [0, 0.05) is 22.0 Å². The number of rotatable bonds is 3. The van der Waals surface area contributed by atoms with Crippen LogP contribution in [-0.4, -0.2) is 12.6 Å². The third kappa shape index (κ3) is 3.05. The molecule has 0 N–H and O–H groups in total. The SMILES string of the molecule is CCOC(=O)c1c(-c2ccccc2C)c2cc(C)c(Cl)cc2oc1=O. The van der Waals surface area contributed by atoms with Gasteiger partial charge in [-0.15, -0.1) is 0 Å². The topological polar surface area (TPSA) is 56.5 Å². The molecule has 0 aliphatic carbocycles. The summed E-state index contributed by atoms with van der Waals surface area (Å²) < 4.78 is 10.4. The summed E-state index contributed by atoms with van der Waals surface area (Å²) in [6.45, 7) is 5.65. The van der Waals surface area contributed by atoms with Crippen LogP contribution in [0.15, 0.2) is 45.6 Å². The van der Waals surface area contributed by atoms with Crippen molar-refractivity contribution in [2.24, 2.45) is 0 Å². The predicted molar refractivity (Wildman–Crippen MR) is 98.4 cm³/mol. The Kier molecular flexibility index (Phi) is 4.64. The molecule has 0 radical (unpaired) electrons. The van der Waals surface area contributed by atoms with E-state index in [2.05, 4.69) is 0 Å². The van der Waals surface area contributed by atoms with Crippen LogP contribution in [0.3, 0.4) is 0 Å². The molecule has 128 valence electrons. The van der Waals surface area contributed by atoms with Crippen molar-refractivity contribution in [2.45, 2.75) is 20.8 Å². The van der Waals surface area contributed by atoms with E-state index >= 15 is 0 Å². The van der Waals surface area contributed by atoms with Crippen LogP contribution in [0.1, 0.15) is 28.4 Å². The van der Waals surface area contributed by atoms with Gasteiger partial charge in [0.2, 0.25) is 0 Å². The number of carbonyl (C=O) groups is 1. The average Bonchev–Trinajstić information content (AvgIpc) is 2.56. The maximum absolute atomic E-state index is 12.5. The zero-order valence-corrected chi connectivity index (χ0v) is 14.9. The Bertz CT molecular complexity index is 1030. The molecular weight excluding hydrogens is 340 g/mol. The Morgan fingerprint density at radius 3 is 2.56 bits per heavy atom. The van der Waals surface area contributed by atoms with Gasteiger partial charge < -0.3 is 9.15 Å². The molecule has 0 saturated carbocycles. The molecule has 3 rings (SSSR count). The fourth-order valence-corrected chi connectivity index (χ4v) is 3.01. The van der Waals surface area contributed by atoms with Crippen LogP contribution in [0.25, 0.3) is 22.1 Å². The molecule has 0 aliphatic rings. The van der Waals surface area contributed by atoms with E-state index in [1.54, 1.807) is 13.0 Å². The van der Waals surface area contributed by atoms with Crippen molar-refractivity contribution in [3.05, 3.63) is 68.5 Å². The van der Waals surface area contributed by atoms with Gasteiger partial charge in [-0.3, -0.25) is 0 Å². The van der Waals surface area contributed by atoms with Crippen LogP contribution in [0.2, 0.25) is 5.02 Å². The van der Waals surface area contributed by atoms with E-state index in [-0.39, 0.29) is 12.2 Å². The molecule has 0 unspecified atom stereocenters. The molecule has 0 saturated heterocycles. The van der Waals surface area contributed by atoms with Gasteiger partial charge in [-0.1, -0.05) is 35.9 Å². The van der Waals surface area contributed by atoms with Gasteiger partial charge in [0.15, 0.2) is 5.56 Å². The third-order valence-electron chi connectivity index (χ3n) is 4.08. The van der Waals surface area contributed by atoms with Crippen molar-refractivity contribution < 1.29 is 13.9 Å². The lowest BCUT2D eigenvalue weighted by molar-refractivity contribution is 0.0523. The lowest BCUT2D eigenvalue weighted by atomic mass is 9.93. The van der Waals surface area contributed by atoms with Crippen LogP contribution in [0.4, 0.5) is 0 Å². The monoisotopic (exact) mass is 356 g/mol. The van der Waals surface area contributed by atoms with Crippen molar-refractivity contribution >= 4 is 28.5 Å². The molecule has 0 aliphatic heterocycles. The summed E-state index contributed by atoms with van der Waals surface area (Å²) >= 11 is 6.17. The first kappa shape index (κ1) is 17.2. The minimum atomic E-state index is -0.732. The van der Waals surface area contributed by atoms with E-state index in [9.17, 15) is 9.59 Å². The highest BCUT2D eigenvalue weighted by atomic mass is 35.5. The number of hydrogen-bond donors (Lipinski definition) is 0. The van der Waals surface area contributed by atoms with Crippen LogP contribution in [0, 0.1) is 13.8 Å². The second-order valence-electron chi connectivity index (χ2n) is 5.77. The summed E-state index contributed by atoms with van der Waals surface area (Å²) in [5.74, 6) is -0.691. The highest BCUT2D eigenvalue weighted by Gasteiger charge is 2.24. The summed E-state index contributed by atoms with van der Waals surface area (Å²) in [7, 11) is 0. The lowest BCUT2D eigenvalue weighted by Crippen LogP contribution is -2.19. The molecule has 0 spiro atoms. The molecular formula is C20H17ClO4. The van der Waals surface area contributed by atoms with Gasteiger partial charge in [0.1, 0.15) is 5.58 Å². The summed E-state index contributed by atoms with van der Waals surface area (Å²) in [6, 6.07) is 11.0. The largest absolute Gasteiger partial charge is 0.462 e. The second-order valence-corrected chi connectivity index (χ2v) is 6.18. The Hall–Kier alpha value is -2.59. The highest BCUT2D eigenvalue weighted by Crippen LogP contribution is 2.35. The molecule has 0 amide bonds. The van der Waals surface area contributed by atoms with Crippen molar-refractivity contribution in [3.63, 3.8) is 0 Å². The van der Waals surface area contributed by atoms with Gasteiger partial charge in [-0.05, 0) is 43.5 Å². The quantitative estimate of drug-likeness (QED) is 0.494. The summed E-state index contributed by atoms with van der Waals surface area (Å²) in [5.41, 5.74) is 2.58. The van der Waals surface area contributed by atoms with E-state index in [1.807, 2.05) is 44.2 Å². The van der Waals surface area contributed by atoms with Gasteiger partial charge in [-0.25, -0.2) is 9.59 Å². The van der Waals surface area contributed by atoms with E-state index in [1.165, 1.54) is 0 Å². The molecule has 1 heterocycles. The van der Waals surface area contributed by atoms with Crippen molar-refractivity contribution in [3.8, 4) is 11.1 Å². The number of benzene rings is 2. The maximum Gasteiger partial charge on any atom is 0.351 e. The molecule has 0 atom stereocenters. The zero-order valence-electron chi connectivity index (χ0n) is 14.2. The fourth-order valence-electron chi connectivity index (χ4n) is 2.85. The van der Waals surface area contributed by atoms with Gasteiger partial charge >= 0.3 is 11.6 Å². The lowest BCUT2D eigenvalue weighted by Gasteiger charge is -2.14. The fraction of sp³-hybridized carbons (Fsp3) is 0.200. The van der Waals surface area contributed by atoms with Crippen molar-refractivity contribution in [1.29, 1.82) is 0 Å². The third-order valence-corrected chi connectivity index (χ3v) is 4.49. The number of hydrogen-bond acceptors (Lipinski definition) is 4. The Labute approximate surface area is 150 Å². The minimum absolute atomic E-state index is 0.0922. The number of fused-ring (bicyclic) bond motifs is 1. The van der Waals surface area contributed by atoms with Crippen LogP contribution in [-0.2, 0) is 4.74 Å². The number of ether oxygens (including phenoxy) is 1. The van der Waals surface area contributed by atoms with E-state index in [0.29, 0.717) is 21.6 Å². The highest BCUT2D eigenvalue weighted by molar-refractivity contribution is 6.32. The smallest absolute Gasteiger partial charge is 0.351 e. The van der Waals surface area contributed by atoms with Crippen LogP contribution >= 0.6 is 11.6 Å². The molecule has 25 heavy (non-hydrogen) atoms. The van der Waals surface area contributed by atoms with Crippen LogP contribution < -0.4 is 5.63 Å². The maximum atomic E-state index is 12.5. The molecule has 0 fully saturated rings. The Morgan fingerprint density at radius 1 is 1.16 bits per heavy atom. The summed E-state index contributed by atoms with van der Waals surface area (Å²) in [6.07, 6.45) is 0. The molecule has 5 heteroatoms.